The van der Waals surface area contributed by atoms with Gasteiger partial charge in [0.15, 0.2) is 11.6 Å². The van der Waals surface area contributed by atoms with Crippen LogP contribution in [0.2, 0.25) is 0 Å². The molecule has 0 bridgehead atoms. The molecular weight excluding hydrogens is 1840 g/mol. The lowest BCUT2D eigenvalue weighted by Gasteiger charge is -2.11. The minimum Gasteiger partial charge on any atom is -0.480 e. The van der Waals surface area contributed by atoms with Gasteiger partial charge in [0.1, 0.15) is 78.4 Å². The number of nitrogens with zero attached hydrogens (tertiary/aromatic N) is 5. The summed E-state index contributed by atoms with van der Waals surface area (Å²) < 4.78 is 160. The molecule has 50 heteroatoms. The summed E-state index contributed by atoms with van der Waals surface area (Å²) in [5, 5.41) is 34.7. The maximum Gasteiger partial charge on any atom is 0.441 e. The van der Waals surface area contributed by atoms with Crippen LogP contribution in [0, 0.1) is 49.4 Å². The molecule has 0 saturated heterocycles. The Balaban J connectivity index is -0.000000275. The molecule has 778 valence electrons. The molecule has 9 atom stereocenters. The molecule has 135 heavy (non-hydrogen) atoms. The van der Waals surface area contributed by atoms with Gasteiger partial charge in [-0.2, -0.15) is 8.42 Å². The van der Waals surface area contributed by atoms with Crippen molar-refractivity contribution in [3.8, 4) is 0 Å². The van der Waals surface area contributed by atoms with Gasteiger partial charge in [0.25, 0.3) is 10.1 Å². The van der Waals surface area contributed by atoms with Gasteiger partial charge in [-0.05, 0) is 131 Å². The molecular formula is C85H141F6N9O34S. The fourth-order valence-electron chi connectivity index (χ4n) is 9.03. The van der Waals surface area contributed by atoms with E-state index >= 15 is 0 Å². The zero-order valence-electron chi connectivity index (χ0n) is 81.0. The van der Waals surface area contributed by atoms with Crippen LogP contribution in [0.15, 0.2) is 95.0 Å². The number of aliphatic imine (C=N–C) groups is 1. The van der Waals surface area contributed by atoms with Crippen LogP contribution >= 0.6 is 0 Å². The number of aldehydes is 1. The number of hydrogen-bond donors (Lipinski definition) is 7. The number of aliphatic carboxylic acids is 1. The smallest absolute Gasteiger partial charge is 0.441 e. The lowest BCUT2D eigenvalue weighted by Crippen LogP contribution is -2.35. The molecule has 0 aliphatic heterocycles. The van der Waals surface area contributed by atoms with E-state index in [2.05, 4.69) is 91.0 Å². The highest BCUT2D eigenvalue weighted by molar-refractivity contribution is 7.86. The molecule has 2 aromatic rings. The third-order valence-corrected chi connectivity index (χ3v) is 17.9. The molecule has 0 spiro atoms. The van der Waals surface area contributed by atoms with Gasteiger partial charge in [0.2, 0.25) is 0 Å². The zero-order valence-corrected chi connectivity index (χ0v) is 81.8. The number of allylic oxidation sites excluding steroid dienone is 8. The van der Waals surface area contributed by atoms with E-state index in [1.54, 1.807) is 67.9 Å². The van der Waals surface area contributed by atoms with Gasteiger partial charge in [-0.25, -0.2) is 45.7 Å². The van der Waals surface area contributed by atoms with E-state index < -0.39 is 99.9 Å². The number of methoxy groups -OCH3 is 10. The second-order valence-corrected chi connectivity index (χ2v) is 29.9. The highest BCUT2D eigenvalue weighted by atomic mass is 32.2. The minimum absolute atomic E-state index is 0.157. The number of halogens is 6. The van der Waals surface area contributed by atoms with Gasteiger partial charge in [-0.3, -0.25) is 90.8 Å². The van der Waals surface area contributed by atoms with E-state index in [1.165, 1.54) is 121 Å². The molecule has 0 aliphatic carbocycles. The number of hydroxylamine groups is 1. The number of aliphatic hydroxyl groups is 1. The number of aryl methyl sites for hydroxylation is 2. The number of carbonyl (C=O) groups is 12. The number of ether oxygens (including phenoxy) is 10. The molecule has 0 saturated carbocycles. The standard InChI is InChI=1S/C12H17FN2O4.C11H16FN3O4.C11H19FO4.C10H17FO5S.C9H16FN3O3.C9H15FO3.C8H15NO4.C8H14O4.C7H12O3/c1-8(11(16)18-3)5-4-6-10(13)7-15-9(2)14-19-12(15)17;1-7-14-19-11(17)15(7)6-8(12)4-3-5-9(13)10(16)18-2;1-4-15-16-8-10(12)7-5-6-9(2)11(13)14-3;1-8(10(12)15-2)5-4-6-9(11)7-16-17(3,13)14;1-6(13-16)12-5-7(10)3-2-4-8(11)9(14)15;1-7(9(12)13-2)4-3-5-8(10)6-11;1-9-6(8(11)13-3)4-5-7(10)12-2;1-6(8(10)12-3)4-5-7(9)11-2;1-6(4-3-5-8)7(9)10-2/h6,8H,4-5,7H2,1-3H3;4,9H,3,5-6,13H2,1-2H3;7,9H,4-6,8H2,1-3H3;6,8H,4-5,7H2,1-3H3;3,8,16H,2,4-5,11H2,1H3,(H,12,13)(H,14,15);5,7,11H,3-4,6H2,1-2H3;6,9H,4-5H2,1-3H3;6H,4-5H2,1-3H3;5-6H,3-4H2,1-2H3/b10-6+;8-4+;10-7+;9-6+;7-3+;8-5+;;;. The molecule has 43 nitrogen and oxygen atoms in total. The van der Waals surface area contributed by atoms with Crippen LogP contribution in [0.25, 0.3) is 0 Å². The van der Waals surface area contributed by atoms with Crippen molar-refractivity contribution in [2.45, 2.75) is 216 Å². The molecule has 0 amide bonds. The molecule has 0 radical (unpaired) electrons. The van der Waals surface area contributed by atoms with Gasteiger partial charge < -0.3 is 79.2 Å². The molecule has 9 unspecified atom stereocenters. The number of hydrogen-bond acceptors (Lipinski definition) is 39. The van der Waals surface area contributed by atoms with E-state index in [9.17, 15) is 102 Å². The predicted molar refractivity (Wildman–Crippen MR) is 475 cm³/mol. The van der Waals surface area contributed by atoms with E-state index in [1.807, 2.05) is 0 Å². The number of aliphatic hydroxyl groups excluding tert-OH is 1. The maximum atomic E-state index is 13.6. The number of rotatable bonds is 51. The number of nitrogens with one attached hydrogen (secondary N) is 2. The van der Waals surface area contributed by atoms with Crippen molar-refractivity contribution in [2.75, 3.05) is 117 Å². The lowest BCUT2D eigenvalue weighted by atomic mass is 10.1. The molecule has 0 aromatic carbocycles. The number of carboxylic acids is 1. The maximum absolute atomic E-state index is 13.6. The van der Waals surface area contributed by atoms with Crippen LogP contribution in [0.3, 0.4) is 0 Å². The Kier molecular flexibility index (Phi) is 86.9. The Morgan fingerprint density at radius 2 is 0.785 bits per heavy atom. The SMILES string of the molecule is CC(=NC/C(F)=C\CCC(N)C(=O)O)NO.CCOOC/C(F)=C\CCC(C)C(=O)OC.CNC(CCC(=O)OC)C(=O)OC.COC(=O)C(C)CC/C=C(/F)CO.COC(=O)C(C)CC/C=C(/F)COS(C)(=O)=O.COC(=O)C(C)CC/C=C(/F)Cn1c(C)noc1=O.COC(=O)C(C)CCC=O.COC(=O)C(N)CC/C=C(/F)Cn1c(C)noc1=O.COC(=O)CCC(C)C(=O)OC. The molecule has 2 rings (SSSR count). The molecule has 2 aromatic heterocycles. The first-order chi connectivity index (χ1) is 63.3. The highest BCUT2D eigenvalue weighted by Crippen LogP contribution is 2.17. The first-order valence-electron chi connectivity index (χ1n) is 41.7. The van der Waals surface area contributed by atoms with Crippen molar-refractivity contribution in [3.63, 3.8) is 0 Å². The number of carboxylic acid groups (broad SMARTS) is 1. The van der Waals surface area contributed by atoms with Crippen LogP contribution in [0.4, 0.5) is 26.3 Å². The Labute approximate surface area is 782 Å². The molecule has 2 heterocycles. The van der Waals surface area contributed by atoms with E-state index in [4.69, 9.17) is 26.9 Å². The summed E-state index contributed by atoms with van der Waals surface area (Å²) in [5.41, 5.74) is 12.5. The van der Waals surface area contributed by atoms with Gasteiger partial charge in [0.05, 0.1) is 146 Å². The number of esters is 10. The van der Waals surface area contributed by atoms with Crippen LogP contribution in [-0.2, 0) is 142 Å². The van der Waals surface area contributed by atoms with E-state index in [0.717, 1.165) is 21.7 Å². The van der Waals surface area contributed by atoms with Crippen molar-refractivity contribution in [2.24, 2.45) is 52.0 Å². The van der Waals surface area contributed by atoms with E-state index in [0.29, 0.717) is 95.3 Å². The lowest BCUT2D eigenvalue weighted by molar-refractivity contribution is -0.286. The second kappa shape index (κ2) is 85.7. The predicted octanol–water partition coefficient (Wildman–Crippen LogP) is 8.74. The van der Waals surface area contributed by atoms with Crippen LogP contribution < -0.4 is 33.8 Å². The number of aromatic nitrogens is 4. The van der Waals surface area contributed by atoms with Crippen molar-refractivity contribution in [1.82, 2.24) is 30.2 Å². The summed E-state index contributed by atoms with van der Waals surface area (Å²) in [5.74, 6) is -9.60. The summed E-state index contributed by atoms with van der Waals surface area (Å²) in [7, 11) is 11.1. The van der Waals surface area contributed by atoms with Crippen molar-refractivity contribution >= 4 is 87.9 Å². The van der Waals surface area contributed by atoms with Crippen molar-refractivity contribution in [1.29, 1.82) is 0 Å². The summed E-state index contributed by atoms with van der Waals surface area (Å²) >= 11 is 0. The van der Waals surface area contributed by atoms with Crippen molar-refractivity contribution < 1.29 is 178 Å². The third-order valence-electron chi connectivity index (χ3n) is 17.4. The summed E-state index contributed by atoms with van der Waals surface area (Å²) in [6.07, 6.45) is 16.2. The Bertz CT molecular complexity index is 4100. The van der Waals surface area contributed by atoms with Gasteiger partial charge in [-0.1, -0.05) is 88.3 Å². The van der Waals surface area contributed by atoms with Crippen LogP contribution in [0.1, 0.15) is 183 Å². The van der Waals surface area contributed by atoms with E-state index in [-0.39, 0.29) is 160 Å². The Hall–Kier alpha value is -11.2. The third kappa shape index (κ3) is 78.8. The topological polar surface area (TPSA) is 604 Å². The van der Waals surface area contributed by atoms with Crippen LogP contribution in [-0.4, -0.2) is 257 Å². The summed E-state index contributed by atoms with van der Waals surface area (Å²) in [6.45, 7) is 15.0. The Morgan fingerprint density at radius 1 is 0.467 bits per heavy atom. The molecule has 0 fully saturated rings. The first-order valence-corrected chi connectivity index (χ1v) is 43.5. The normalized spacial score (nSPS) is 13.4. The number of likely N-dealkylation sites (N-methyl/N-ethyl adjacent to an activating group) is 1. The fourth-order valence-corrected chi connectivity index (χ4v) is 9.36. The Morgan fingerprint density at radius 3 is 1.09 bits per heavy atom. The van der Waals surface area contributed by atoms with Crippen molar-refractivity contribution in [3.05, 3.63) is 104 Å². The summed E-state index contributed by atoms with van der Waals surface area (Å²) in [6, 6.07) is -2.20. The molecule has 0 aliphatic rings. The van der Waals surface area contributed by atoms with Gasteiger partial charge >= 0.3 is 77.2 Å². The largest absolute Gasteiger partial charge is 0.480 e. The first kappa shape index (κ1) is 137. The number of nitrogens with two attached hydrogens (primary N) is 2. The number of carbonyl (C=O) groups excluding carboxylic acids is 11. The highest BCUT2D eigenvalue weighted by Gasteiger charge is 2.22. The van der Waals surface area contributed by atoms with Crippen LogP contribution in [0.5, 0.6) is 0 Å². The monoisotopic (exact) mass is 1980 g/mol. The average molecular weight is 1980 g/mol. The summed E-state index contributed by atoms with van der Waals surface area (Å²) in [4.78, 5) is 164. The zero-order chi connectivity index (χ0) is 105. The minimum atomic E-state index is -3.63. The van der Waals surface area contributed by atoms with Gasteiger partial charge in [-0.15, -0.1) is 0 Å². The molecule has 9 N–H and O–H groups in total. The fraction of sp³-hybridized carbons (Fsp3) is 0.659. The number of amidine groups is 1. The second-order valence-electron chi connectivity index (χ2n) is 28.3. The quantitative estimate of drug-likeness (QED) is 0.00311. The van der Waals surface area contributed by atoms with Gasteiger partial charge in [0, 0.05) is 19.3 Å². The average Bonchev–Trinajstić information content (AvgIpc) is 1.74.